The molecule has 0 saturated carbocycles. The van der Waals surface area contributed by atoms with Crippen molar-refractivity contribution >= 4 is 17.4 Å². The second kappa shape index (κ2) is 4.61. The molecule has 0 spiro atoms. The molecule has 94 valence electrons. The Hall–Kier alpha value is -1.15. The maximum Gasteiger partial charge on any atom is 0.351 e. The van der Waals surface area contributed by atoms with Gasteiger partial charge < -0.3 is 20.7 Å². The highest BCUT2D eigenvalue weighted by Gasteiger charge is 2.35. The van der Waals surface area contributed by atoms with Gasteiger partial charge in [-0.15, -0.1) is 0 Å². The zero-order valence-corrected chi connectivity index (χ0v) is 9.54. The fraction of sp³-hybridized carbons (Fsp3) is 0.556. The average molecular weight is 262 g/mol. The van der Waals surface area contributed by atoms with Gasteiger partial charge in [0, 0.05) is 12.6 Å². The van der Waals surface area contributed by atoms with E-state index in [0.717, 1.165) is 4.57 Å². The van der Waals surface area contributed by atoms with Crippen LogP contribution in [0.15, 0.2) is 11.0 Å². The minimum atomic E-state index is -0.898. The number of nitrogens with zero attached hydrogens (tertiary/aromatic N) is 2. The Morgan fingerprint density at radius 1 is 1.71 bits per heavy atom. The summed E-state index contributed by atoms with van der Waals surface area (Å²) in [5, 5.41) is 18.8. The smallest absolute Gasteiger partial charge is 0.351 e. The van der Waals surface area contributed by atoms with E-state index in [2.05, 4.69) is 4.98 Å². The SMILES string of the molecule is Nc1nc(=O)n([C@@H]2O[C@H](CO)CC2O)cc1Cl. The van der Waals surface area contributed by atoms with Crippen molar-refractivity contribution < 1.29 is 14.9 Å². The molecule has 4 N–H and O–H groups in total. The molecule has 17 heavy (non-hydrogen) atoms. The normalized spacial score (nSPS) is 28.5. The topological polar surface area (TPSA) is 111 Å². The number of anilines is 1. The third kappa shape index (κ3) is 2.27. The number of hydrogen-bond donors (Lipinski definition) is 3. The standard InChI is InChI=1S/C9H12ClN3O4/c10-5-2-13(9(16)12-7(5)11)8-6(15)1-4(3-14)17-8/h2,4,6,8,14-15H,1,3H2,(H2,11,12,16)/t4-,6?,8+/m0/s1. The summed E-state index contributed by atoms with van der Waals surface area (Å²) < 4.78 is 6.38. The van der Waals surface area contributed by atoms with Gasteiger partial charge in [0.25, 0.3) is 0 Å². The van der Waals surface area contributed by atoms with Crippen molar-refractivity contribution in [2.45, 2.75) is 24.9 Å². The zero-order chi connectivity index (χ0) is 12.6. The molecule has 0 aliphatic carbocycles. The number of aromatic nitrogens is 2. The average Bonchev–Trinajstić information content (AvgIpc) is 2.65. The summed E-state index contributed by atoms with van der Waals surface area (Å²) in [6.07, 6.45) is -0.787. The van der Waals surface area contributed by atoms with Crippen LogP contribution in [0, 0.1) is 0 Å². The Bertz CT molecular complexity index is 478. The fourth-order valence-corrected chi connectivity index (χ4v) is 1.89. The number of hydrogen-bond acceptors (Lipinski definition) is 6. The molecule has 1 aromatic rings. The molecule has 2 heterocycles. The van der Waals surface area contributed by atoms with Crippen LogP contribution in [0.4, 0.5) is 5.82 Å². The van der Waals surface area contributed by atoms with E-state index in [9.17, 15) is 9.90 Å². The lowest BCUT2D eigenvalue weighted by Crippen LogP contribution is -2.32. The zero-order valence-electron chi connectivity index (χ0n) is 8.78. The third-order valence-corrected chi connectivity index (χ3v) is 2.87. The van der Waals surface area contributed by atoms with E-state index in [-0.39, 0.29) is 23.9 Å². The highest BCUT2D eigenvalue weighted by Crippen LogP contribution is 2.28. The van der Waals surface area contributed by atoms with Crippen molar-refractivity contribution in [1.82, 2.24) is 9.55 Å². The number of rotatable bonds is 2. The van der Waals surface area contributed by atoms with Crippen LogP contribution < -0.4 is 11.4 Å². The number of aliphatic hydroxyl groups excluding tert-OH is 2. The van der Waals surface area contributed by atoms with Gasteiger partial charge in [-0.1, -0.05) is 11.6 Å². The predicted octanol–water partition coefficient (Wildman–Crippen LogP) is -0.880. The second-order valence-electron chi connectivity index (χ2n) is 3.80. The first kappa shape index (κ1) is 12.3. The van der Waals surface area contributed by atoms with Crippen molar-refractivity contribution in [2.24, 2.45) is 0 Å². The van der Waals surface area contributed by atoms with Crippen molar-refractivity contribution in [3.8, 4) is 0 Å². The van der Waals surface area contributed by atoms with E-state index in [1.807, 2.05) is 0 Å². The molecule has 1 aliphatic rings. The summed E-state index contributed by atoms with van der Waals surface area (Å²) in [4.78, 5) is 15.1. The summed E-state index contributed by atoms with van der Waals surface area (Å²) in [6, 6.07) is 0. The van der Waals surface area contributed by atoms with Gasteiger partial charge in [-0.3, -0.25) is 4.57 Å². The Balaban J connectivity index is 2.35. The maximum atomic E-state index is 11.6. The number of aliphatic hydroxyl groups is 2. The Morgan fingerprint density at radius 3 is 3.00 bits per heavy atom. The molecule has 0 radical (unpaired) electrons. The van der Waals surface area contributed by atoms with Gasteiger partial charge in [0.15, 0.2) is 6.23 Å². The largest absolute Gasteiger partial charge is 0.394 e. The molecule has 3 atom stereocenters. The fourth-order valence-electron chi connectivity index (χ4n) is 1.74. The van der Waals surface area contributed by atoms with Crippen molar-refractivity contribution in [3.05, 3.63) is 21.7 Å². The lowest BCUT2D eigenvalue weighted by Gasteiger charge is -2.17. The molecule has 0 amide bonds. The van der Waals surface area contributed by atoms with Gasteiger partial charge in [-0.05, 0) is 0 Å². The lowest BCUT2D eigenvalue weighted by molar-refractivity contribution is -0.0529. The number of ether oxygens (including phenoxy) is 1. The minimum absolute atomic E-state index is 0.0703. The molecule has 1 aromatic heterocycles. The minimum Gasteiger partial charge on any atom is -0.394 e. The first-order valence-electron chi connectivity index (χ1n) is 5.01. The van der Waals surface area contributed by atoms with Crippen LogP contribution in [0.2, 0.25) is 5.02 Å². The molecule has 2 rings (SSSR count). The molecular weight excluding hydrogens is 250 g/mol. The van der Waals surface area contributed by atoms with Gasteiger partial charge in [0.2, 0.25) is 0 Å². The summed E-state index contributed by atoms with van der Waals surface area (Å²) >= 11 is 5.75. The molecule has 8 heteroatoms. The predicted molar refractivity (Wildman–Crippen MR) is 59.5 cm³/mol. The van der Waals surface area contributed by atoms with Gasteiger partial charge in [0.05, 0.1) is 17.7 Å². The molecular formula is C9H12ClN3O4. The van der Waals surface area contributed by atoms with Gasteiger partial charge in [-0.25, -0.2) is 4.79 Å². The van der Waals surface area contributed by atoms with E-state index in [1.165, 1.54) is 6.20 Å². The lowest BCUT2D eigenvalue weighted by atomic mass is 10.2. The van der Waals surface area contributed by atoms with Crippen LogP contribution in [-0.4, -0.2) is 38.6 Å². The highest BCUT2D eigenvalue weighted by atomic mass is 35.5. The quantitative estimate of drug-likeness (QED) is 0.638. The number of nitrogens with two attached hydrogens (primary N) is 1. The molecule has 1 unspecified atom stereocenters. The van der Waals surface area contributed by atoms with Gasteiger partial charge in [0.1, 0.15) is 11.9 Å². The molecule has 0 bridgehead atoms. The van der Waals surface area contributed by atoms with Gasteiger partial charge in [-0.2, -0.15) is 4.98 Å². The molecule has 1 aliphatic heterocycles. The Morgan fingerprint density at radius 2 is 2.41 bits per heavy atom. The van der Waals surface area contributed by atoms with E-state index in [4.69, 9.17) is 27.2 Å². The van der Waals surface area contributed by atoms with Crippen LogP contribution in [0.25, 0.3) is 0 Å². The monoisotopic (exact) mass is 261 g/mol. The van der Waals surface area contributed by atoms with Crippen molar-refractivity contribution in [1.29, 1.82) is 0 Å². The first-order valence-corrected chi connectivity index (χ1v) is 5.39. The number of nitrogen functional groups attached to an aromatic ring is 1. The summed E-state index contributed by atoms with van der Waals surface area (Å²) in [5.74, 6) is -0.0703. The second-order valence-corrected chi connectivity index (χ2v) is 4.21. The highest BCUT2D eigenvalue weighted by molar-refractivity contribution is 6.32. The van der Waals surface area contributed by atoms with E-state index in [0.29, 0.717) is 0 Å². The van der Waals surface area contributed by atoms with Crippen LogP contribution in [-0.2, 0) is 4.74 Å². The Labute approximate surface area is 101 Å². The van der Waals surface area contributed by atoms with Crippen molar-refractivity contribution in [2.75, 3.05) is 12.3 Å². The number of halogens is 1. The van der Waals surface area contributed by atoms with Crippen LogP contribution in [0.1, 0.15) is 12.6 Å². The van der Waals surface area contributed by atoms with Crippen LogP contribution in [0.3, 0.4) is 0 Å². The molecule has 7 nitrogen and oxygen atoms in total. The molecule has 1 fully saturated rings. The van der Waals surface area contributed by atoms with Crippen molar-refractivity contribution in [3.63, 3.8) is 0 Å². The summed E-state index contributed by atoms with van der Waals surface area (Å²) in [5.41, 5.74) is 4.72. The third-order valence-electron chi connectivity index (χ3n) is 2.58. The van der Waals surface area contributed by atoms with E-state index in [1.54, 1.807) is 0 Å². The van der Waals surface area contributed by atoms with E-state index >= 15 is 0 Å². The van der Waals surface area contributed by atoms with E-state index < -0.39 is 24.1 Å². The maximum absolute atomic E-state index is 11.6. The van der Waals surface area contributed by atoms with Crippen LogP contribution >= 0.6 is 11.6 Å². The Kier molecular flexibility index (Phi) is 3.34. The molecule has 0 aromatic carbocycles. The van der Waals surface area contributed by atoms with Gasteiger partial charge >= 0.3 is 5.69 Å². The molecule has 1 saturated heterocycles. The summed E-state index contributed by atoms with van der Waals surface area (Å²) in [6.45, 7) is -0.224. The first-order chi connectivity index (χ1) is 8.02. The van der Waals surface area contributed by atoms with Crippen LogP contribution in [0.5, 0.6) is 0 Å². The summed E-state index contributed by atoms with van der Waals surface area (Å²) in [7, 11) is 0.